The Morgan fingerprint density at radius 2 is 2.10 bits per heavy atom. The van der Waals surface area contributed by atoms with E-state index < -0.39 is 15.8 Å². The first-order valence-corrected chi connectivity index (χ1v) is 8.17. The summed E-state index contributed by atoms with van der Waals surface area (Å²) in [4.78, 5) is 0. The van der Waals surface area contributed by atoms with Crippen molar-refractivity contribution in [2.75, 3.05) is 7.11 Å². The lowest BCUT2D eigenvalue weighted by Crippen LogP contribution is -2.22. The molecule has 0 spiro atoms. The van der Waals surface area contributed by atoms with Crippen LogP contribution in [0.25, 0.3) is 0 Å². The van der Waals surface area contributed by atoms with Crippen molar-refractivity contribution in [3.63, 3.8) is 0 Å². The van der Waals surface area contributed by atoms with Crippen LogP contribution >= 0.6 is 22.9 Å². The van der Waals surface area contributed by atoms with Gasteiger partial charge in [0.1, 0.15) is 15.8 Å². The van der Waals surface area contributed by atoms with Crippen LogP contribution in [0.4, 0.5) is 4.39 Å². The van der Waals surface area contributed by atoms with Gasteiger partial charge >= 0.3 is 0 Å². The van der Waals surface area contributed by atoms with Gasteiger partial charge in [0, 0.05) is 12.1 Å². The molecule has 1 aromatic carbocycles. The summed E-state index contributed by atoms with van der Waals surface area (Å²) in [5.41, 5.74) is 0.415. The fourth-order valence-electron chi connectivity index (χ4n) is 1.57. The molecule has 1 heterocycles. The Labute approximate surface area is 125 Å². The molecular weight excluding hydrogens is 325 g/mol. The number of nitrogens with one attached hydrogen (secondary N) is 1. The molecule has 0 unspecified atom stereocenters. The van der Waals surface area contributed by atoms with E-state index in [1.165, 1.54) is 37.4 Å². The molecule has 2 aromatic rings. The molecule has 4 nitrogen and oxygen atoms in total. The van der Waals surface area contributed by atoms with Gasteiger partial charge in [-0.3, -0.25) is 0 Å². The second-order valence-electron chi connectivity index (χ2n) is 3.84. The van der Waals surface area contributed by atoms with Gasteiger partial charge in [-0.25, -0.2) is 17.5 Å². The minimum Gasteiger partial charge on any atom is -0.496 e. The number of methoxy groups -OCH3 is 1. The summed E-state index contributed by atoms with van der Waals surface area (Å²) in [6.07, 6.45) is 0. The Morgan fingerprint density at radius 3 is 2.70 bits per heavy atom. The van der Waals surface area contributed by atoms with E-state index in [4.69, 9.17) is 16.3 Å². The van der Waals surface area contributed by atoms with Crippen molar-refractivity contribution < 1.29 is 17.5 Å². The molecule has 108 valence electrons. The van der Waals surface area contributed by atoms with Gasteiger partial charge in [-0.1, -0.05) is 11.6 Å². The molecule has 0 bridgehead atoms. The second kappa shape index (κ2) is 6.09. The number of hydrogen-bond acceptors (Lipinski definition) is 4. The minimum absolute atomic E-state index is 0.0706. The van der Waals surface area contributed by atoms with Gasteiger partial charge in [-0.15, -0.1) is 11.3 Å². The normalized spacial score (nSPS) is 11.6. The fourth-order valence-corrected chi connectivity index (χ4v) is 4.11. The molecule has 0 saturated carbocycles. The van der Waals surface area contributed by atoms with E-state index in [1.807, 2.05) is 0 Å². The molecule has 1 aromatic heterocycles. The number of sulfonamides is 1. The van der Waals surface area contributed by atoms with Crippen molar-refractivity contribution in [3.05, 3.63) is 46.0 Å². The number of halogens is 2. The van der Waals surface area contributed by atoms with Crippen LogP contribution in [0.5, 0.6) is 5.75 Å². The molecule has 0 aliphatic heterocycles. The summed E-state index contributed by atoms with van der Waals surface area (Å²) >= 11 is 6.66. The van der Waals surface area contributed by atoms with E-state index >= 15 is 0 Å². The lowest BCUT2D eigenvalue weighted by molar-refractivity contribution is 0.407. The number of ether oxygens (including phenoxy) is 1. The minimum atomic E-state index is -3.67. The van der Waals surface area contributed by atoms with Crippen LogP contribution in [-0.2, 0) is 16.6 Å². The Kier molecular flexibility index (Phi) is 4.64. The number of hydrogen-bond donors (Lipinski definition) is 1. The summed E-state index contributed by atoms with van der Waals surface area (Å²) in [5, 5.41) is 0. The highest BCUT2D eigenvalue weighted by Crippen LogP contribution is 2.26. The Hall–Kier alpha value is -1.15. The average molecular weight is 336 g/mol. The highest BCUT2D eigenvalue weighted by molar-refractivity contribution is 7.91. The first-order chi connectivity index (χ1) is 9.42. The number of thiophene rings is 1. The maximum atomic E-state index is 13.2. The zero-order valence-electron chi connectivity index (χ0n) is 10.4. The standard InChI is InChI=1S/C12H11ClFNO3S2/c1-18-10-3-2-9(14)6-8(10)7-15-20(16,17)12-5-4-11(13)19-12/h2-6,15H,7H2,1H3. The van der Waals surface area contributed by atoms with E-state index in [1.54, 1.807) is 0 Å². The third-order valence-corrected chi connectivity index (χ3v) is 5.63. The van der Waals surface area contributed by atoms with E-state index in [0.717, 1.165) is 11.3 Å². The molecule has 0 saturated heterocycles. The molecule has 20 heavy (non-hydrogen) atoms. The summed E-state index contributed by atoms with van der Waals surface area (Å²) in [7, 11) is -2.23. The highest BCUT2D eigenvalue weighted by atomic mass is 35.5. The molecule has 0 atom stereocenters. The maximum absolute atomic E-state index is 13.2. The van der Waals surface area contributed by atoms with Gasteiger partial charge in [0.05, 0.1) is 11.4 Å². The zero-order chi connectivity index (χ0) is 14.8. The van der Waals surface area contributed by atoms with Gasteiger partial charge in [0.25, 0.3) is 0 Å². The number of rotatable bonds is 5. The van der Waals surface area contributed by atoms with E-state index in [0.29, 0.717) is 15.6 Å². The zero-order valence-corrected chi connectivity index (χ0v) is 12.8. The molecular formula is C12H11ClFNO3S2. The molecule has 0 aliphatic carbocycles. The van der Waals surface area contributed by atoms with Crippen LogP contribution in [0.3, 0.4) is 0 Å². The second-order valence-corrected chi connectivity index (χ2v) is 7.55. The van der Waals surface area contributed by atoms with Crippen molar-refractivity contribution in [1.82, 2.24) is 4.72 Å². The molecule has 0 amide bonds. The molecule has 8 heteroatoms. The third kappa shape index (κ3) is 3.49. The van der Waals surface area contributed by atoms with Crippen LogP contribution in [-0.4, -0.2) is 15.5 Å². The fraction of sp³-hybridized carbons (Fsp3) is 0.167. The molecule has 0 fully saturated rings. The molecule has 1 N–H and O–H groups in total. The van der Waals surface area contributed by atoms with Crippen LogP contribution < -0.4 is 9.46 Å². The lowest BCUT2D eigenvalue weighted by atomic mass is 10.2. The van der Waals surface area contributed by atoms with Crippen molar-refractivity contribution >= 4 is 33.0 Å². The van der Waals surface area contributed by atoms with Crippen LogP contribution in [0.2, 0.25) is 4.34 Å². The van der Waals surface area contributed by atoms with Gasteiger partial charge in [0.15, 0.2) is 0 Å². The highest BCUT2D eigenvalue weighted by Gasteiger charge is 2.17. The van der Waals surface area contributed by atoms with Crippen LogP contribution in [0.15, 0.2) is 34.5 Å². The van der Waals surface area contributed by atoms with Gasteiger partial charge in [0.2, 0.25) is 10.0 Å². The third-order valence-electron chi connectivity index (χ3n) is 2.51. The predicted octanol–water partition coefficient (Wildman–Crippen LogP) is 3.03. The molecule has 0 radical (unpaired) electrons. The topological polar surface area (TPSA) is 55.4 Å². The monoisotopic (exact) mass is 335 g/mol. The Balaban J connectivity index is 2.18. The summed E-state index contributed by atoms with van der Waals surface area (Å²) in [5.74, 6) is -0.0440. The Bertz CT molecular complexity index is 715. The van der Waals surface area contributed by atoms with Gasteiger partial charge in [-0.2, -0.15) is 0 Å². The first-order valence-electron chi connectivity index (χ1n) is 5.50. The smallest absolute Gasteiger partial charge is 0.250 e. The van der Waals surface area contributed by atoms with E-state index in [-0.39, 0.29) is 10.8 Å². The van der Waals surface area contributed by atoms with Crippen molar-refractivity contribution in [1.29, 1.82) is 0 Å². The summed E-state index contributed by atoms with van der Waals surface area (Å²) < 4.78 is 45.1. The van der Waals surface area contributed by atoms with Crippen molar-refractivity contribution in [2.45, 2.75) is 10.8 Å². The maximum Gasteiger partial charge on any atom is 0.250 e. The molecule has 2 rings (SSSR count). The van der Waals surface area contributed by atoms with E-state index in [2.05, 4.69) is 4.72 Å². The quantitative estimate of drug-likeness (QED) is 0.913. The summed E-state index contributed by atoms with van der Waals surface area (Å²) in [6.45, 7) is -0.0706. The van der Waals surface area contributed by atoms with E-state index in [9.17, 15) is 12.8 Å². The van der Waals surface area contributed by atoms with Crippen LogP contribution in [0, 0.1) is 5.82 Å². The van der Waals surface area contributed by atoms with Crippen molar-refractivity contribution in [3.8, 4) is 5.75 Å². The Morgan fingerprint density at radius 1 is 1.35 bits per heavy atom. The average Bonchev–Trinajstić information content (AvgIpc) is 2.84. The first kappa shape index (κ1) is 15.2. The summed E-state index contributed by atoms with van der Waals surface area (Å²) in [6, 6.07) is 6.83. The van der Waals surface area contributed by atoms with Gasteiger partial charge in [-0.05, 0) is 30.3 Å². The van der Waals surface area contributed by atoms with Gasteiger partial charge < -0.3 is 4.74 Å². The lowest BCUT2D eigenvalue weighted by Gasteiger charge is -2.09. The number of benzene rings is 1. The predicted molar refractivity (Wildman–Crippen MR) is 76.3 cm³/mol. The van der Waals surface area contributed by atoms with Crippen molar-refractivity contribution in [2.24, 2.45) is 0 Å². The SMILES string of the molecule is COc1ccc(F)cc1CNS(=O)(=O)c1ccc(Cl)s1. The van der Waals surface area contributed by atoms with Crippen LogP contribution in [0.1, 0.15) is 5.56 Å². The largest absolute Gasteiger partial charge is 0.496 e. The molecule has 0 aliphatic rings.